The largest absolute Gasteiger partial charge is 0.326 e. The van der Waals surface area contributed by atoms with Gasteiger partial charge in [-0.15, -0.1) is 0 Å². The van der Waals surface area contributed by atoms with Gasteiger partial charge in [0.05, 0.1) is 5.02 Å². The van der Waals surface area contributed by atoms with E-state index in [1.807, 2.05) is 0 Å². The van der Waals surface area contributed by atoms with Crippen molar-refractivity contribution in [1.29, 1.82) is 0 Å². The van der Waals surface area contributed by atoms with Crippen molar-refractivity contribution < 1.29 is 13.2 Å². The minimum atomic E-state index is -1.28. The van der Waals surface area contributed by atoms with Gasteiger partial charge in [-0.3, -0.25) is 0 Å². The van der Waals surface area contributed by atoms with Crippen molar-refractivity contribution >= 4 is 11.6 Å². The molecule has 0 fully saturated rings. The summed E-state index contributed by atoms with van der Waals surface area (Å²) in [5.41, 5.74) is 4.46. The average Bonchev–Trinajstić information content (AvgIpc) is 2.02. The molecule has 0 aliphatic carbocycles. The Morgan fingerprint density at radius 2 is 1.83 bits per heavy atom. The normalized spacial score (nSPS) is 10.4. The lowest BCUT2D eigenvalue weighted by Crippen LogP contribution is -2.05. The van der Waals surface area contributed by atoms with E-state index in [1.54, 1.807) is 0 Å². The van der Waals surface area contributed by atoms with E-state index in [-0.39, 0.29) is 0 Å². The van der Waals surface area contributed by atoms with Crippen LogP contribution in [0.2, 0.25) is 5.02 Å². The van der Waals surface area contributed by atoms with Crippen LogP contribution in [-0.4, -0.2) is 0 Å². The van der Waals surface area contributed by atoms with Gasteiger partial charge in [0, 0.05) is 12.1 Å². The number of hydrogen-bond donors (Lipinski definition) is 1. The summed E-state index contributed by atoms with van der Waals surface area (Å²) in [5.74, 6) is -3.47. The SMILES string of the molecule is NCc1c(F)c(F)cc(Cl)c1F. The third-order valence-electron chi connectivity index (χ3n) is 1.41. The molecule has 0 bridgehead atoms. The molecule has 0 saturated heterocycles. The molecule has 0 atom stereocenters. The van der Waals surface area contributed by atoms with Crippen LogP contribution in [0.25, 0.3) is 0 Å². The maximum absolute atomic E-state index is 12.8. The molecule has 2 N–H and O–H groups in total. The summed E-state index contributed by atoms with van der Waals surface area (Å²) in [7, 11) is 0. The summed E-state index contributed by atoms with van der Waals surface area (Å²) in [6, 6.07) is 0.575. The molecule has 66 valence electrons. The fourth-order valence-electron chi connectivity index (χ4n) is 0.802. The molecular formula is C7H5ClF3N. The van der Waals surface area contributed by atoms with Crippen LogP contribution < -0.4 is 5.73 Å². The van der Waals surface area contributed by atoms with Gasteiger partial charge < -0.3 is 5.73 Å². The zero-order valence-electron chi connectivity index (χ0n) is 5.87. The van der Waals surface area contributed by atoms with Crippen molar-refractivity contribution in [2.75, 3.05) is 0 Å². The molecule has 0 radical (unpaired) electrons. The Balaban J connectivity index is 3.42. The Kier molecular flexibility index (Phi) is 2.59. The van der Waals surface area contributed by atoms with Gasteiger partial charge in [0.2, 0.25) is 0 Å². The lowest BCUT2D eigenvalue weighted by molar-refractivity contribution is 0.480. The Morgan fingerprint density at radius 3 is 2.33 bits per heavy atom. The maximum atomic E-state index is 12.8. The van der Waals surface area contributed by atoms with Crippen LogP contribution in [0.3, 0.4) is 0 Å². The monoisotopic (exact) mass is 195 g/mol. The standard InChI is InChI=1S/C7H5ClF3N/c8-4-1-5(9)7(11)3(2-12)6(4)10/h1H,2,12H2. The van der Waals surface area contributed by atoms with Crippen LogP contribution in [0.5, 0.6) is 0 Å². The number of hydrogen-bond acceptors (Lipinski definition) is 1. The molecule has 12 heavy (non-hydrogen) atoms. The lowest BCUT2D eigenvalue weighted by Gasteiger charge is -2.03. The van der Waals surface area contributed by atoms with Crippen molar-refractivity contribution in [2.45, 2.75) is 6.54 Å². The van der Waals surface area contributed by atoms with E-state index < -0.39 is 34.6 Å². The molecule has 0 saturated carbocycles. The summed E-state index contributed by atoms with van der Waals surface area (Å²) < 4.78 is 38.0. The highest BCUT2D eigenvalue weighted by atomic mass is 35.5. The van der Waals surface area contributed by atoms with Crippen molar-refractivity contribution in [1.82, 2.24) is 0 Å². The van der Waals surface area contributed by atoms with E-state index in [0.717, 1.165) is 0 Å². The first-order chi connectivity index (χ1) is 5.57. The molecule has 0 unspecified atom stereocenters. The quantitative estimate of drug-likeness (QED) is 0.684. The Labute approximate surface area is 71.9 Å². The van der Waals surface area contributed by atoms with Crippen LogP contribution in [0.4, 0.5) is 13.2 Å². The molecule has 0 heterocycles. The molecule has 5 heteroatoms. The second-order valence-electron chi connectivity index (χ2n) is 2.15. The highest BCUT2D eigenvalue weighted by Gasteiger charge is 2.15. The number of rotatable bonds is 1. The first-order valence-corrected chi connectivity index (χ1v) is 3.47. The minimum absolute atomic E-state index is 0.421. The van der Waals surface area contributed by atoms with Gasteiger partial charge in [-0.2, -0.15) is 0 Å². The first-order valence-electron chi connectivity index (χ1n) is 3.10. The molecule has 1 aromatic rings. The third kappa shape index (κ3) is 1.40. The Morgan fingerprint density at radius 1 is 1.25 bits per heavy atom. The van der Waals surface area contributed by atoms with Crippen LogP contribution in [0, 0.1) is 17.5 Å². The van der Waals surface area contributed by atoms with Gasteiger partial charge in [0.25, 0.3) is 0 Å². The first kappa shape index (κ1) is 9.35. The maximum Gasteiger partial charge on any atom is 0.166 e. The zero-order valence-corrected chi connectivity index (χ0v) is 6.63. The van der Waals surface area contributed by atoms with Gasteiger partial charge in [0.1, 0.15) is 5.82 Å². The van der Waals surface area contributed by atoms with E-state index in [4.69, 9.17) is 17.3 Å². The van der Waals surface area contributed by atoms with Crippen LogP contribution in [0.1, 0.15) is 5.56 Å². The number of nitrogens with two attached hydrogens (primary N) is 1. The van der Waals surface area contributed by atoms with E-state index in [0.29, 0.717) is 6.07 Å². The highest BCUT2D eigenvalue weighted by Crippen LogP contribution is 2.23. The van der Waals surface area contributed by atoms with Crippen LogP contribution >= 0.6 is 11.6 Å². The predicted molar refractivity (Wildman–Crippen MR) is 39.2 cm³/mol. The van der Waals surface area contributed by atoms with Crippen LogP contribution in [-0.2, 0) is 6.54 Å². The topological polar surface area (TPSA) is 26.0 Å². The molecule has 0 aliphatic rings. The van der Waals surface area contributed by atoms with E-state index in [9.17, 15) is 13.2 Å². The summed E-state index contributed by atoms with van der Waals surface area (Å²) in [5, 5.41) is -0.464. The molecular weight excluding hydrogens is 191 g/mol. The van der Waals surface area contributed by atoms with Crippen molar-refractivity contribution in [2.24, 2.45) is 5.73 Å². The summed E-state index contributed by atoms with van der Waals surface area (Å²) >= 11 is 5.23. The fraction of sp³-hybridized carbons (Fsp3) is 0.143. The van der Waals surface area contributed by atoms with E-state index >= 15 is 0 Å². The lowest BCUT2D eigenvalue weighted by atomic mass is 10.2. The molecule has 0 aromatic heterocycles. The van der Waals surface area contributed by atoms with Gasteiger partial charge in [-0.1, -0.05) is 11.6 Å². The van der Waals surface area contributed by atoms with Crippen LogP contribution in [0.15, 0.2) is 6.07 Å². The molecule has 0 spiro atoms. The van der Waals surface area contributed by atoms with Crippen molar-refractivity contribution in [3.63, 3.8) is 0 Å². The summed E-state index contributed by atoms with van der Waals surface area (Å²) in [6.45, 7) is -0.421. The average molecular weight is 196 g/mol. The second kappa shape index (κ2) is 3.33. The minimum Gasteiger partial charge on any atom is -0.326 e. The van der Waals surface area contributed by atoms with Gasteiger partial charge in [0.15, 0.2) is 11.6 Å². The van der Waals surface area contributed by atoms with Gasteiger partial charge in [-0.25, -0.2) is 13.2 Å². The smallest absolute Gasteiger partial charge is 0.166 e. The van der Waals surface area contributed by atoms with E-state index in [2.05, 4.69) is 0 Å². The van der Waals surface area contributed by atoms with Crippen molar-refractivity contribution in [3.8, 4) is 0 Å². The Hall–Kier alpha value is -0.740. The summed E-state index contributed by atoms with van der Waals surface area (Å²) in [6.07, 6.45) is 0. The Bertz CT molecular complexity index is 288. The molecule has 0 amide bonds. The molecule has 1 aromatic carbocycles. The second-order valence-corrected chi connectivity index (χ2v) is 2.56. The number of benzene rings is 1. The summed E-state index contributed by atoms with van der Waals surface area (Å²) in [4.78, 5) is 0. The van der Waals surface area contributed by atoms with Gasteiger partial charge >= 0.3 is 0 Å². The third-order valence-corrected chi connectivity index (χ3v) is 1.68. The molecule has 0 aliphatic heterocycles. The van der Waals surface area contributed by atoms with E-state index in [1.165, 1.54) is 0 Å². The number of halogens is 4. The fourth-order valence-corrected chi connectivity index (χ4v) is 1.01. The predicted octanol–water partition coefficient (Wildman–Crippen LogP) is 2.22. The zero-order chi connectivity index (χ0) is 9.30. The highest BCUT2D eigenvalue weighted by molar-refractivity contribution is 6.30. The molecule has 1 nitrogen and oxygen atoms in total. The van der Waals surface area contributed by atoms with Crippen molar-refractivity contribution in [3.05, 3.63) is 34.1 Å². The molecule has 1 rings (SSSR count). The van der Waals surface area contributed by atoms with Gasteiger partial charge in [-0.05, 0) is 6.07 Å².